The van der Waals surface area contributed by atoms with E-state index in [1.807, 2.05) is 36.2 Å². The van der Waals surface area contributed by atoms with E-state index in [1.54, 1.807) is 0 Å². The summed E-state index contributed by atoms with van der Waals surface area (Å²) in [5.74, 6) is 0.583. The number of nitrogens with zero attached hydrogens (tertiary/aromatic N) is 1. The Kier molecular flexibility index (Phi) is 8.11. The molecule has 2 atom stereocenters. The molecular formula is C23H27Br2ClN2O2. The topological polar surface area (TPSA) is 41.6 Å². The van der Waals surface area contributed by atoms with Crippen LogP contribution < -0.4 is 5.32 Å². The maximum absolute atomic E-state index is 12.2. The second-order valence-corrected chi connectivity index (χ2v) is 9.91. The highest BCUT2D eigenvalue weighted by atomic mass is 79.9. The number of benzene rings is 1. The Labute approximate surface area is 200 Å². The van der Waals surface area contributed by atoms with Gasteiger partial charge in [0.05, 0.1) is 12.6 Å². The summed E-state index contributed by atoms with van der Waals surface area (Å²) in [5.41, 5.74) is 3.51. The van der Waals surface area contributed by atoms with Crippen molar-refractivity contribution in [2.24, 2.45) is 5.92 Å². The van der Waals surface area contributed by atoms with Crippen molar-refractivity contribution < 1.29 is 9.53 Å². The molecule has 2 heterocycles. The lowest BCUT2D eigenvalue weighted by Gasteiger charge is -2.41. The molecule has 2 aliphatic rings. The molecule has 2 aliphatic heterocycles. The van der Waals surface area contributed by atoms with Crippen LogP contribution in [0.15, 0.2) is 45.5 Å². The first-order chi connectivity index (χ1) is 14.3. The third-order valence-corrected chi connectivity index (χ3v) is 7.20. The number of nitrogens with one attached hydrogen (secondary N) is 1. The van der Waals surface area contributed by atoms with Crippen molar-refractivity contribution in [3.63, 3.8) is 0 Å². The summed E-state index contributed by atoms with van der Waals surface area (Å²) in [4.78, 5) is 14.0. The zero-order valence-electron chi connectivity index (χ0n) is 17.3. The van der Waals surface area contributed by atoms with Gasteiger partial charge in [0.2, 0.25) is 0 Å². The average Bonchev–Trinajstić information content (AvgIpc) is 2.71. The molecule has 4 nitrogen and oxygen atoms in total. The molecule has 1 saturated heterocycles. The fraction of sp³-hybridized carbons (Fsp3) is 0.435. The number of piperidine rings is 1. The van der Waals surface area contributed by atoms with Crippen LogP contribution in [0.25, 0.3) is 6.08 Å². The number of halogens is 3. The molecule has 1 amide bonds. The minimum absolute atomic E-state index is 0.140. The first kappa shape index (κ1) is 23.4. The van der Waals surface area contributed by atoms with Gasteiger partial charge in [0.15, 0.2) is 0 Å². The van der Waals surface area contributed by atoms with Crippen LogP contribution in [0.4, 0.5) is 4.79 Å². The van der Waals surface area contributed by atoms with E-state index >= 15 is 0 Å². The van der Waals surface area contributed by atoms with E-state index in [-0.39, 0.29) is 18.1 Å². The lowest BCUT2D eigenvalue weighted by atomic mass is 9.72. The number of amides is 1. The lowest BCUT2D eigenvalue weighted by molar-refractivity contribution is 0.0875. The molecule has 0 bridgehead atoms. The van der Waals surface area contributed by atoms with Gasteiger partial charge < -0.3 is 15.0 Å². The van der Waals surface area contributed by atoms with E-state index in [0.717, 1.165) is 27.4 Å². The van der Waals surface area contributed by atoms with E-state index in [4.69, 9.17) is 16.3 Å². The van der Waals surface area contributed by atoms with Gasteiger partial charge in [-0.1, -0.05) is 40.2 Å². The molecule has 0 aromatic heterocycles. The standard InChI is InChI=1S/C23H27Br2ClN2O2/c1-4-15-11-18(26)12-19(25)20(15)21(22-14(3)10-17(24)13-27-22)16-6-8-28(9-7-16)23(29)30-5-2/h4,10-13,16,21-22,27H,1,5-9H2,2-3H3. The molecule has 3 rings (SSSR count). The van der Waals surface area contributed by atoms with Crippen LogP contribution in [0.5, 0.6) is 0 Å². The summed E-state index contributed by atoms with van der Waals surface area (Å²) < 4.78 is 7.22. The lowest BCUT2D eigenvalue weighted by Crippen LogP contribution is -2.44. The minimum atomic E-state index is -0.217. The van der Waals surface area contributed by atoms with Gasteiger partial charge in [0.25, 0.3) is 0 Å². The number of ether oxygens (including phenoxy) is 1. The largest absolute Gasteiger partial charge is 0.450 e. The second kappa shape index (κ2) is 10.4. The summed E-state index contributed by atoms with van der Waals surface area (Å²) in [6.07, 6.45) is 7.65. The summed E-state index contributed by atoms with van der Waals surface area (Å²) in [5, 5.41) is 4.27. The van der Waals surface area contributed by atoms with Crippen molar-refractivity contribution in [1.29, 1.82) is 0 Å². The highest BCUT2D eigenvalue weighted by Gasteiger charge is 2.37. The zero-order chi connectivity index (χ0) is 21.8. The molecule has 1 aromatic carbocycles. The predicted octanol–water partition coefficient (Wildman–Crippen LogP) is 6.85. The van der Waals surface area contributed by atoms with E-state index < -0.39 is 0 Å². The minimum Gasteiger partial charge on any atom is -0.450 e. The monoisotopic (exact) mass is 556 g/mol. The molecule has 0 spiro atoms. The van der Waals surface area contributed by atoms with Gasteiger partial charge in [-0.25, -0.2) is 4.79 Å². The molecule has 0 aliphatic carbocycles. The number of allylic oxidation sites excluding steroid dienone is 2. The Morgan fingerprint density at radius 3 is 2.70 bits per heavy atom. The van der Waals surface area contributed by atoms with Crippen molar-refractivity contribution in [2.75, 3.05) is 19.7 Å². The second-order valence-electron chi connectivity index (χ2n) is 7.71. The van der Waals surface area contributed by atoms with Crippen molar-refractivity contribution in [1.82, 2.24) is 10.2 Å². The quantitative estimate of drug-likeness (QED) is 0.430. The van der Waals surface area contributed by atoms with Gasteiger partial charge in [-0.3, -0.25) is 0 Å². The van der Waals surface area contributed by atoms with Crippen LogP contribution >= 0.6 is 43.5 Å². The normalized spacial score (nSPS) is 20.7. The smallest absolute Gasteiger partial charge is 0.409 e. The summed E-state index contributed by atoms with van der Waals surface area (Å²) in [6, 6.07) is 4.07. The average molecular weight is 559 g/mol. The molecule has 0 saturated carbocycles. The number of dihydropyridines is 1. The molecular weight excluding hydrogens is 532 g/mol. The Bertz CT molecular complexity index is 876. The van der Waals surface area contributed by atoms with Crippen LogP contribution in [0.3, 0.4) is 0 Å². The third-order valence-electron chi connectivity index (χ3n) is 5.87. The molecule has 7 heteroatoms. The Morgan fingerprint density at radius 1 is 1.40 bits per heavy atom. The highest BCUT2D eigenvalue weighted by molar-refractivity contribution is 9.12. The van der Waals surface area contributed by atoms with E-state index in [1.165, 1.54) is 11.1 Å². The third kappa shape index (κ3) is 5.14. The Morgan fingerprint density at radius 2 is 2.10 bits per heavy atom. The molecule has 0 radical (unpaired) electrons. The van der Waals surface area contributed by atoms with Crippen LogP contribution in [-0.4, -0.2) is 36.7 Å². The van der Waals surface area contributed by atoms with Crippen molar-refractivity contribution >= 4 is 55.6 Å². The molecule has 1 aromatic rings. The van der Waals surface area contributed by atoms with Gasteiger partial charge in [-0.05, 0) is 83.4 Å². The first-order valence-electron chi connectivity index (χ1n) is 10.2. The Hall–Kier alpha value is -1.24. The van der Waals surface area contributed by atoms with Gasteiger partial charge >= 0.3 is 6.09 Å². The van der Waals surface area contributed by atoms with Crippen LogP contribution in [0, 0.1) is 5.92 Å². The van der Waals surface area contributed by atoms with Crippen LogP contribution in [0.1, 0.15) is 43.7 Å². The highest BCUT2D eigenvalue weighted by Crippen LogP contribution is 2.44. The molecule has 1 N–H and O–H groups in total. The summed E-state index contributed by atoms with van der Waals surface area (Å²) >= 11 is 13.7. The van der Waals surface area contributed by atoms with Crippen LogP contribution in [-0.2, 0) is 4.74 Å². The SMILES string of the molecule is C=Cc1cc(Cl)cc(Br)c1C(C1CCN(C(=O)OCC)CC1)C1NC=C(Br)C=C1C. The van der Waals surface area contributed by atoms with E-state index in [2.05, 4.69) is 56.8 Å². The predicted molar refractivity (Wildman–Crippen MR) is 131 cm³/mol. The maximum atomic E-state index is 12.2. The maximum Gasteiger partial charge on any atom is 0.409 e. The fourth-order valence-electron chi connectivity index (χ4n) is 4.49. The van der Waals surface area contributed by atoms with Gasteiger partial charge in [0.1, 0.15) is 0 Å². The molecule has 30 heavy (non-hydrogen) atoms. The molecule has 1 fully saturated rings. The number of hydrogen-bond donors (Lipinski definition) is 1. The summed E-state index contributed by atoms with van der Waals surface area (Å²) in [6.45, 7) is 9.82. The van der Waals surface area contributed by atoms with Crippen molar-refractivity contribution in [3.05, 3.63) is 61.7 Å². The first-order valence-corrected chi connectivity index (χ1v) is 12.1. The van der Waals surface area contributed by atoms with Crippen LogP contribution in [0.2, 0.25) is 5.02 Å². The Balaban J connectivity index is 1.96. The van der Waals surface area contributed by atoms with E-state index in [0.29, 0.717) is 30.6 Å². The van der Waals surface area contributed by atoms with E-state index in [9.17, 15) is 4.79 Å². The number of likely N-dealkylation sites (tertiary alicyclic amines) is 1. The molecule has 2 unspecified atom stereocenters. The fourth-order valence-corrected chi connectivity index (χ4v) is 6.08. The number of carbonyl (C=O) groups excluding carboxylic acids is 1. The molecule has 162 valence electrons. The van der Waals surface area contributed by atoms with Gasteiger partial charge in [-0.15, -0.1) is 0 Å². The van der Waals surface area contributed by atoms with Gasteiger partial charge in [-0.2, -0.15) is 0 Å². The number of hydrogen-bond acceptors (Lipinski definition) is 3. The summed E-state index contributed by atoms with van der Waals surface area (Å²) in [7, 11) is 0. The number of carbonyl (C=O) groups is 1. The van der Waals surface area contributed by atoms with Crippen molar-refractivity contribution in [2.45, 2.75) is 38.6 Å². The van der Waals surface area contributed by atoms with Crippen molar-refractivity contribution in [3.8, 4) is 0 Å². The van der Waals surface area contributed by atoms with Gasteiger partial charge in [0, 0.05) is 39.2 Å². The number of rotatable bonds is 5. The zero-order valence-corrected chi connectivity index (χ0v) is 21.2.